The van der Waals surface area contributed by atoms with Gasteiger partial charge in [0, 0.05) is 36.9 Å². The molecule has 0 atom stereocenters. The number of phenolic OH excluding ortho intramolecular Hbond substituents is 2. The number of hydrogen-bond donors (Lipinski definition) is 3. The van der Waals surface area contributed by atoms with Crippen LogP contribution in [0.5, 0.6) is 17.2 Å². The highest BCUT2D eigenvalue weighted by molar-refractivity contribution is 6.03. The van der Waals surface area contributed by atoms with Crippen LogP contribution in [0, 0.1) is 0 Å². The first-order valence-electron chi connectivity index (χ1n) is 12.2. The zero-order valence-corrected chi connectivity index (χ0v) is 20.4. The maximum Gasteiger partial charge on any atom is 0.260 e. The molecule has 0 saturated heterocycles. The number of nitrogens with one attached hydrogen (secondary N) is 1. The van der Waals surface area contributed by atoms with Crippen LogP contribution in [-0.2, 0) is 19.6 Å². The van der Waals surface area contributed by atoms with E-state index in [0.29, 0.717) is 37.1 Å². The van der Waals surface area contributed by atoms with Gasteiger partial charge in [0.05, 0.1) is 37.3 Å². The second kappa shape index (κ2) is 9.16. The number of fused-ring (bicyclic) bond motifs is 1. The molecule has 1 aliphatic heterocycles. The molecular weight excluding hydrogens is 470 g/mol. The largest absolute Gasteiger partial charge is 0.508 e. The van der Waals surface area contributed by atoms with Crippen molar-refractivity contribution in [3.05, 3.63) is 88.9 Å². The molecule has 1 fully saturated rings. The van der Waals surface area contributed by atoms with Crippen molar-refractivity contribution in [2.75, 3.05) is 12.4 Å². The number of ether oxygens (including phenoxy) is 1. The fraction of sp³-hybridized carbons (Fsp3) is 0.250. The van der Waals surface area contributed by atoms with E-state index in [1.807, 2.05) is 47.1 Å². The first-order valence-corrected chi connectivity index (χ1v) is 12.2. The van der Waals surface area contributed by atoms with E-state index < -0.39 is 0 Å². The first kappa shape index (κ1) is 22.9. The maximum absolute atomic E-state index is 13.6. The number of benzene rings is 2. The van der Waals surface area contributed by atoms with Gasteiger partial charge in [0.15, 0.2) is 0 Å². The van der Waals surface area contributed by atoms with E-state index in [0.717, 1.165) is 41.1 Å². The smallest absolute Gasteiger partial charge is 0.260 e. The monoisotopic (exact) mass is 497 g/mol. The number of carbonyl (C=O) groups is 1. The summed E-state index contributed by atoms with van der Waals surface area (Å²) in [6, 6.07) is 16.2. The van der Waals surface area contributed by atoms with Crippen LogP contribution < -0.4 is 10.1 Å². The second-order valence-corrected chi connectivity index (χ2v) is 9.52. The molecular formula is C28H27N5O4. The minimum atomic E-state index is -0.346. The Morgan fingerprint density at radius 1 is 1.11 bits per heavy atom. The number of hydrogen-bond acceptors (Lipinski definition) is 7. The summed E-state index contributed by atoms with van der Waals surface area (Å²) in [5.74, 6) is 1.09. The van der Waals surface area contributed by atoms with Gasteiger partial charge in [0.1, 0.15) is 28.6 Å². The normalized spacial score (nSPS) is 14.5. The van der Waals surface area contributed by atoms with E-state index in [1.165, 1.54) is 12.1 Å². The van der Waals surface area contributed by atoms with Gasteiger partial charge in [-0.05, 0) is 42.2 Å². The summed E-state index contributed by atoms with van der Waals surface area (Å²) in [4.78, 5) is 19.6. The van der Waals surface area contributed by atoms with E-state index in [4.69, 9.17) is 9.84 Å². The van der Waals surface area contributed by atoms with Gasteiger partial charge in [-0.25, -0.2) is 4.68 Å². The van der Waals surface area contributed by atoms with Crippen molar-refractivity contribution in [2.45, 2.75) is 38.4 Å². The van der Waals surface area contributed by atoms with Crippen molar-refractivity contribution < 1.29 is 19.7 Å². The van der Waals surface area contributed by atoms with Gasteiger partial charge in [-0.15, -0.1) is 0 Å². The Balaban J connectivity index is 1.33. The number of methoxy groups -OCH3 is 1. The lowest BCUT2D eigenvalue weighted by Crippen LogP contribution is -2.26. The number of anilines is 2. The number of aromatic nitrogens is 3. The molecule has 1 saturated carbocycles. The van der Waals surface area contributed by atoms with Crippen LogP contribution in [0.25, 0.3) is 0 Å². The number of carbonyl (C=O) groups excluding carboxylic acids is 1. The number of phenols is 2. The van der Waals surface area contributed by atoms with Crippen molar-refractivity contribution in [1.29, 1.82) is 0 Å². The Bertz CT molecular complexity index is 1450. The number of amides is 1. The van der Waals surface area contributed by atoms with Crippen molar-refractivity contribution in [3.63, 3.8) is 0 Å². The molecule has 6 rings (SSSR count). The van der Waals surface area contributed by atoms with E-state index in [2.05, 4.69) is 10.3 Å². The standard InChI is InChI=1S/C28H27N5O4/c1-37-21-8-4-17(5-9-21)14-33-26(13-22(31-33)18-6-7-18)30-23-11-20(34)12-25(35)27(23)28(36)32-15-19-3-2-10-29-24(19)16-32/h2-5,8-13,18,30,34-35H,6-7,14-16H2,1H3. The molecule has 0 spiro atoms. The highest BCUT2D eigenvalue weighted by Crippen LogP contribution is 2.41. The van der Waals surface area contributed by atoms with Crippen molar-refractivity contribution in [1.82, 2.24) is 19.7 Å². The number of nitrogens with zero attached hydrogens (tertiary/aromatic N) is 4. The Kier molecular flexibility index (Phi) is 5.67. The fourth-order valence-electron chi connectivity index (χ4n) is 4.72. The molecule has 2 aliphatic rings. The van der Waals surface area contributed by atoms with E-state index in [-0.39, 0.29) is 23.0 Å². The summed E-state index contributed by atoms with van der Waals surface area (Å²) in [6.07, 6.45) is 3.90. The van der Waals surface area contributed by atoms with Crippen molar-refractivity contribution in [2.24, 2.45) is 0 Å². The van der Waals surface area contributed by atoms with E-state index >= 15 is 0 Å². The van der Waals surface area contributed by atoms with Crippen LogP contribution in [0.15, 0.2) is 60.8 Å². The SMILES string of the molecule is COc1ccc(Cn2nc(C3CC3)cc2Nc2cc(O)cc(O)c2C(=O)N2Cc3cccnc3C2)cc1. The molecule has 188 valence electrons. The van der Waals surface area contributed by atoms with Gasteiger partial charge in [-0.3, -0.25) is 9.78 Å². The molecule has 2 aromatic carbocycles. The van der Waals surface area contributed by atoms with Crippen LogP contribution in [0.1, 0.15) is 51.6 Å². The van der Waals surface area contributed by atoms with Crippen molar-refractivity contribution >= 4 is 17.4 Å². The predicted molar refractivity (Wildman–Crippen MR) is 137 cm³/mol. The van der Waals surface area contributed by atoms with E-state index in [1.54, 1.807) is 18.2 Å². The molecule has 3 N–H and O–H groups in total. The Labute approximate surface area is 214 Å². The average molecular weight is 498 g/mol. The topological polar surface area (TPSA) is 113 Å². The summed E-state index contributed by atoms with van der Waals surface area (Å²) in [6.45, 7) is 1.26. The van der Waals surface area contributed by atoms with Crippen molar-refractivity contribution in [3.8, 4) is 17.2 Å². The molecule has 4 aromatic rings. The van der Waals surface area contributed by atoms with Gasteiger partial charge < -0.3 is 25.2 Å². The molecule has 0 radical (unpaired) electrons. The Hall–Kier alpha value is -4.53. The molecule has 1 aliphatic carbocycles. The van der Waals surface area contributed by atoms with Gasteiger partial charge in [-0.2, -0.15) is 5.10 Å². The highest BCUT2D eigenvalue weighted by Gasteiger charge is 2.31. The summed E-state index contributed by atoms with van der Waals surface area (Å²) >= 11 is 0. The highest BCUT2D eigenvalue weighted by atomic mass is 16.5. The molecule has 3 heterocycles. The summed E-state index contributed by atoms with van der Waals surface area (Å²) < 4.78 is 7.11. The van der Waals surface area contributed by atoms with Crippen LogP contribution in [0.2, 0.25) is 0 Å². The minimum Gasteiger partial charge on any atom is -0.508 e. The van der Waals surface area contributed by atoms with Crippen LogP contribution in [0.4, 0.5) is 11.5 Å². The summed E-state index contributed by atoms with van der Waals surface area (Å²) in [5.41, 5.74) is 4.24. The zero-order valence-electron chi connectivity index (χ0n) is 20.4. The van der Waals surface area contributed by atoms with Gasteiger partial charge in [0.25, 0.3) is 5.91 Å². The van der Waals surface area contributed by atoms with Crippen LogP contribution >= 0.6 is 0 Å². The first-order chi connectivity index (χ1) is 18.0. The molecule has 37 heavy (non-hydrogen) atoms. The van der Waals surface area contributed by atoms with Gasteiger partial charge >= 0.3 is 0 Å². The molecule has 0 bridgehead atoms. The molecule has 9 heteroatoms. The third-order valence-corrected chi connectivity index (χ3v) is 6.84. The van der Waals surface area contributed by atoms with Gasteiger partial charge in [0.2, 0.25) is 0 Å². The summed E-state index contributed by atoms with van der Waals surface area (Å²) in [5, 5.41) is 29.1. The van der Waals surface area contributed by atoms with Gasteiger partial charge in [-0.1, -0.05) is 18.2 Å². The Morgan fingerprint density at radius 3 is 2.65 bits per heavy atom. The zero-order chi connectivity index (χ0) is 25.5. The number of aromatic hydroxyl groups is 2. The second-order valence-electron chi connectivity index (χ2n) is 9.52. The molecule has 1 amide bonds. The number of rotatable bonds is 7. The van der Waals surface area contributed by atoms with E-state index in [9.17, 15) is 15.0 Å². The summed E-state index contributed by atoms with van der Waals surface area (Å²) in [7, 11) is 1.63. The molecule has 0 unspecified atom stereocenters. The quantitative estimate of drug-likeness (QED) is 0.344. The fourth-order valence-corrected chi connectivity index (χ4v) is 4.72. The third-order valence-electron chi connectivity index (χ3n) is 6.84. The minimum absolute atomic E-state index is 0.0933. The third kappa shape index (κ3) is 4.55. The lowest BCUT2D eigenvalue weighted by Gasteiger charge is -2.20. The Morgan fingerprint density at radius 2 is 1.92 bits per heavy atom. The lowest BCUT2D eigenvalue weighted by atomic mass is 10.1. The predicted octanol–water partition coefficient (Wildman–Crippen LogP) is 4.52. The van der Waals surface area contributed by atoms with Crippen LogP contribution in [-0.4, -0.2) is 42.9 Å². The maximum atomic E-state index is 13.6. The lowest BCUT2D eigenvalue weighted by molar-refractivity contribution is 0.0748. The number of pyridine rings is 1. The molecule has 9 nitrogen and oxygen atoms in total. The average Bonchev–Trinajstić information content (AvgIpc) is 3.53. The van der Waals surface area contributed by atoms with Crippen LogP contribution in [0.3, 0.4) is 0 Å². The molecule has 2 aromatic heterocycles.